The lowest BCUT2D eigenvalue weighted by molar-refractivity contribution is 0.119. The molecule has 0 aliphatic heterocycles. The lowest BCUT2D eigenvalue weighted by Crippen LogP contribution is -2.39. The summed E-state index contributed by atoms with van der Waals surface area (Å²) in [5, 5.41) is 6.19. The Morgan fingerprint density at radius 2 is 2.03 bits per heavy atom. The van der Waals surface area contributed by atoms with Crippen molar-refractivity contribution in [3.63, 3.8) is 0 Å². The predicted octanol–water partition coefficient (Wildman–Crippen LogP) is 3.48. The Bertz CT molecular complexity index is 888. The number of rotatable bonds is 10. The van der Waals surface area contributed by atoms with Gasteiger partial charge in [0.1, 0.15) is 11.1 Å². The average Bonchev–Trinajstić information content (AvgIpc) is 3.16. The number of aromatic nitrogens is 1. The number of methoxy groups -OCH3 is 1. The molecule has 0 saturated heterocycles. The Balaban J connectivity index is 0.00000450. The first-order valence-corrected chi connectivity index (χ1v) is 12.2. The van der Waals surface area contributed by atoms with E-state index in [0.717, 1.165) is 16.3 Å². The summed E-state index contributed by atoms with van der Waals surface area (Å²) < 4.78 is 29.9. The third-order valence-electron chi connectivity index (χ3n) is 4.39. The van der Waals surface area contributed by atoms with Crippen molar-refractivity contribution in [3.05, 3.63) is 52.0 Å². The molecule has 0 fully saturated rings. The summed E-state index contributed by atoms with van der Waals surface area (Å²) in [6, 6.07) is 9.27. The minimum absolute atomic E-state index is 0. The summed E-state index contributed by atoms with van der Waals surface area (Å²) in [6.07, 6.45) is 0.503. The molecule has 0 aliphatic rings. The molecule has 1 N–H and O–H groups in total. The fraction of sp³-hybridized carbons (Fsp3) is 0.500. The quantitative estimate of drug-likeness (QED) is 0.205. The molecule has 1 atom stereocenters. The van der Waals surface area contributed by atoms with E-state index in [4.69, 9.17) is 4.74 Å². The number of sulfone groups is 1. The first-order chi connectivity index (χ1) is 13.8. The molecule has 0 bridgehead atoms. The van der Waals surface area contributed by atoms with Crippen molar-refractivity contribution in [1.29, 1.82) is 0 Å². The zero-order valence-electron chi connectivity index (χ0n) is 17.9. The lowest BCUT2D eigenvalue weighted by Gasteiger charge is -2.21. The van der Waals surface area contributed by atoms with E-state index >= 15 is 0 Å². The molecule has 0 aliphatic carbocycles. The SMILES string of the molecule is CN=C(NCCCS(=O)(=O)Cc1ccccc1)N(C)Cc1csc(C(C)OC)n1.I. The Labute approximate surface area is 200 Å². The van der Waals surface area contributed by atoms with Gasteiger partial charge in [-0.2, -0.15) is 0 Å². The Kier molecular flexibility index (Phi) is 11.8. The molecular formula is C20H31IN4O3S2. The van der Waals surface area contributed by atoms with Crippen molar-refractivity contribution in [1.82, 2.24) is 15.2 Å². The molecule has 10 heteroatoms. The highest BCUT2D eigenvalue weighted by Gasteiger charge is 2.14. The van der Waals surface area contributed by atoms with Gasteiger partial charge in [-0.1, -0.05) is 30.3 Å². The molecular weight excluding hydrogens is 535 g/mol. The molecule has 1 aromatic heterocycles. The van der Waals surface area contributed by atoms with Crippen LogP contribution in [0.5, 0.6) is 0 Å². The van der Waals surface area contributed by atoms with Gasteiger partial charge in [-0.3, -0.25) is 4.99 Å². The summed E-state index contributed by atoms with van der Waals surface area (Å²) in [4.78, 5) is 10.8. The first-order valence-electron chi connectivity index (χ1n) is 9.48. The van der Waals surface area contributed by atoms with Crippen molar-refractivity contribution >= 4 is 51.1 Å². The number of benzene rings is 1. The van der Waals surface area contributed by atoms with E-state index in [9.17, 15) is 8.42 Å². The molecule has 0 amide bonds. The minimum atomic E-state index is -3.13. The van der Waals surface area contributed by atoms with E-state index in [1.54, 1.807) is 25.5 Å². The number of nitrogens with one attached hydrogen (secondary N) is 1. The van der Waals surface area contributed by atoms with Crippen molar-refractivity contribution in [3.8, 4) is 0 Å². The largest absolute Gasteiger partial charge is 0.375 e. The molecule has 168 valence electrons. The van der Waals surface area contributed by atoms with Gasteiger partial charge in [0.25, 0.3) is 0 Å². The van der Waals surface area contributed by atoms with Gasteiger partial charge in [0.15, 0.2) is 15.8 Å². The third-order valence-corrected chi connectivity index (χ3v) is 7.13. The molecule has 1 unspecified atom stereocenters. The van der Waals surface area contributed by atoms with Gasteiger partial charge in [0.05, 0.1) is 23.7 Å². The Morgan fingerprint density at radius 3 is 2.67 bits per heavy atom. The van der Waals surface area contributed by atoms with Gasteiger partial charge < -0.3 is 15.0 Å². The van der Waals surface area contributed by atoms with Crippen LogP contribution in [0, 0.1) is 0 Å². The molecule has 1 aromatic carbocycles. The van der Waals surface area contributed by atoms with Crippen LogP contribution < -0.4 is 5.32 Å². The van der Waals surface area contributed by atoms with Crippen LogP contribution >= 0.6 is 35.3 Å². The lowest BCUT2D eigenvalue weighted by atomic mass is 10.2. The standard InChI is InChI=1S/C20H30N4O3S2.HI/c1-16(27-4)19-23-18(14-28-19)13-24(3)20(21-2)22-11-8-12-29(25,26)15-17-9-6-5-7-10-17;/h5-7,9-10,14,16H,8,11-13,15H2,1-4H3,(H,21,22);1H. The maximum absolute atomic E-state index is 12.3. The van der Waals surface area contributed by atoms with Crippen molar-refractivity contribution in [2.75, 3.05) is 33.5 Å². The number of aliphatic imine (C=N–C) groups is 1. The smallest absolute Gasteiger partial charge is 0.193 e. The predicted molar refractivity (Wildman–Crippen MR) is 134 cm³/mol. The summed E-state index contributed by atoms with van der Waals surface area (Å²) >= 11 is 1.58. The highest BCUT2D eigenvalue weighted by molar-refractivity contribution is 14.0. The maximum atomic E-state index is 12.3. The highest BCUT2D eigenvalue weighted by Crippen LogP contribution is 2.20. The zero-order valence-corrected chi connectivity index (χ0v) is 21.8. The number of hydrogen-bond acceptors (Lipinski definition) is 6. The Hall–Kier alpha value is -1.24. The van der Waals surface area contributed by atoms with Crippen LogP contribution in [0.4, 0.5) is 0 Å². The van der Waals surface area contributed by atoms with Crippen LogP contribution in [-0.2, 0) is 26.9 Å². The van der Waals surface area contributed by atoms with Crippen molar-refractivity contribution in [2.24, 2.45) is 4.99 Å². The number of thiazole rings is 1. The molecule has 7 nitrogen and oxygen atoms in total. The van der Waals surface area contributed by atoms with Gasteiger partial charge >= 0.3 is 0 Å². The summed E-state index contributed by atoms with van der Waals surface area (Å²) in [5.41, 5.74) is 1.77. The van der Waals surface area contributed by atoms with Crippen molar-refractivity contribution in [2.45, 2.75) is 31.7 Å². The van der Waals surface area contributed by atoms with E-state index in [-0.39, 0.29) is 41.6 Å². The minimum Gasteiger partial charge on any atom is -0.375 e. The van der Waals surface area contributed by atoms with Crippen LogP contribution in [0.2, 0.25) is 0 Å². The van der Waals surface area contributed by atoms with E-state index in [1.807, 2.05) is 54.6 Å². The van der Waals surface area contributed by atoms with Crippen LogP contribution in [0.15, 0.2) is 40.7 Å². The normalized spacial score (nSPS) is 12.9. The van der Waals surface area contributed by atoms with Gasteiger partial charge in [0, 0.05) is 33.1 Å². The molecule has 2 rings (SSSR count). The van der Waals surface area contributed by atoms with E-state index in [0.29, 0.717) is 25.5 Å². The van der Waals surface area contributed by atoms with E-state index in [2.05, 4.69) is 15.3 Å². The van der Waals surface area contributed by atoms with Gasteiger partial charge in [0.2, 0.25) is 0 Å². The summed E-state index contributed by atoms with van der Waals surface area (Å²) in [7, 11) is 2.18. The summed E-state index contributed by atoms with van der Waals surface area (Å²) in [6.45, 7) is 3.12. The molecule has 2 aromatic rings. The molecule has 30 heavy (non-hydrogen) atoms. The molecule has 0 radical (unpaired) electrons. The van der Waals surface area contributed by atoms with Gasteiger partial charge in [-0.25, -0.2) is 13.4 Å². The number of nitrogens with zero attached hydrogens (tertiary/aromatic N) is 3. The number of hydrogen-bond donors (Lipinski definition) is 1. The third kappa shape index (κ3) is 8.86. The van der Waals surface area contributed by atoms with Crippen LogP contribution in [-0.4, -0.2) is 57.8 Å². The van der Waals surface area contributed by atoms with Crippen LogP contribution in [0.25, 0.3) is 0 Å². The summed E-state index contributed by atoms with van der Waals surface area (Å²) in [5.74, 6) is 0.925. The van der Waals surface area contributed by atoms with E-state index < -0.39 is 9.84 Å². The maximum Gasteiger partial charge on any atom is 0.193 e. The average molecular weight is 567 g/mol. The number of halogens is 1. The van der Waals surface area contributed by atoms with E-state index in [1.165, 1.54) is 0 Å². The second kappa shape index (κ2) is 13.2. The number of ether oxygens (including phenoxy) is 1. The monoisotopic (exact) mass is 566 g/mol. The molecule has 1 heterocycles. The first kappa shape index (κ1) is 26.8. The Morgan fingerprint density at radius 1 is 1.33 bits per heavy atom. The second-order valence-corrected chi connectivity index (χ2v) is 9.89. The van der Waals surface area contributed by atoms with Gasteiger partial charge in [-0.15, -0.1) is 35.3 Å². The van der Waals surface area contributed by atoms with Crippen LogP contribution in [0.1, 0.15) is 35.7 Å². The zero-order chi connectivity index (χ0) is 21.3. The number of guanidine groups is 1. The second-order valence-electron chi connectivity index (χ2n) is 6.82. The topological polar surface area (TPSA) is 83.9 Å². The molecule has 0 spiro atoms. The van der Waals surface area contributed by atoms with Crippen molar-refractivity contribution < 1.29 is 13.2 Å². The molecule has 0 saturated carbocycles. The van der Waals surface area contributed by atoms with Crippen LogP contribution in [0.3, 0.4) is 0 Å². The van der Waals surface area contributed by atoms with Gasteiger partial charge in [-0.05, 0) is 18.9 Å². The fourth-order valence-electron chi connectivity index (χ4n) is 2.78. The fourth-order valence-corrected chi connectivity index (χ4v) is 5.05. The highest BCUT2D eigenvalue weighted by atomic mass is 127.